The van der Waals surface area contributed by atoms with Gasteiger partial charge in [-0.05, 0) is 44.7 Å². The van der Waals surface area contributed by atoms with Gasteiger partial charge in [0, 0.05) is 27.7 Å². The van der Waals surface area contributed by atoms with Gasteiger partial charge in [0.05, 0.1) is 5.69 Å². The van der Waals surface area contributed by atoms with Crippen molar-refractivity contribution in [1.29, 1.82) is 0 Å². The highest BCUT2D eigenvalue weighted by Crippen LogP contribution is 2.33. The van der Waals surface area contributed by atoms with Crippen LogP contribution in [0.2, 0.25) is 0 Å². The van der Waals surface area contributed by atoms with E-state index in [1.54, 1.807) is 0 Å². The summed E-state index contributed by atoms with van der Waals surface area (Å²) in [4.78, 5) is 8.33. The third-order valence-electron chi connectivity index (χ3n) is 4.16. The Morgan fingerprint density at radius 2 is 2.00 bits per heavy atom. The summed E-state index contributed by atoms with van der Waals surface area (Å²) in [5.41, 5.74) is 9.35. The molecule has 2 aromatic rings. The van der Waals surface area contributed by atoms with Crippen molar-refractivity contribution in [2.45, 2.75) is 44.6 Å². The molecule has 0 unspecified atom stereocenters. The molecule has 0 amide bonds. The predicted molar refractivity (Wildman–Crippen MR) is 85.6 cm³/mol. The van der Waals surface area contributed by atoms with Crippen LogP contribution in [0.4, 0.5) is 0 Å². The molecule has 0 bridgehead atoms. The number of nitrogens with one attached hydrogen (secondary N) is 1. The summed E-state index contributed by atoms with van der Waals surface area (Å²) >= 11 is 3.52. The molecule has 1 aliphatic rings. The molecule has 1 fully saturated rings. The highest BCUT2D eigenvalue weighted by Gasteiger charge is 2.23. The van der Waals surface area contributed by atoms with Gasteiger partial charge >= 0.3 is 0 Å². The molecule has 1 heterocycles. The number of hydrogen-bond donors (Lipinski definition) is 2. The van der Waals surface area contributed by atoms with Gasteiger partial charge < -0.3 is 10.7 Å². The monoisotopic (exact) mass is 333 g/mol. The molecule has 0 spiro atoms. The maximum absolute atomic E-state index is 5.98. The number of H-pyrrole nitrogens is 1. The molecule has 0 atom stereocenters. The van der Waals surface area contributed by atoms with Crippen molar-refractivity contribution < 1.29 is 0 Å². The lowest BCUT2D eigenvalue weighted by Crippen LogP contribution is -2.26. The first-order valence-electron chi connectivity index (χ1n) is 7.21. The number of hydrogen-bond acceptors (Lipinski definition) is 2. The summed E-state index contributed by atoms with van der Waals surface area (Å²) in [5, 5.41) is 0. The molecule has 106 valence electrons. The van der Waals surface area contributed by atoms with E-state index in [1.807, 2.05) is 12.1 Å². The molecule has 3 N–H and O–H groups in total. The van der Waals surface area contributed by atoms with E-state index < -0.39 is 0 Å². The van der Waals surface area contributed by atoms with Gasteiger partial charge in [0.15, 0.2) is 0 Å². The fourth-order valence-corrected chi connectivity index (χ4v) is 3.39. The predicted octanol–water partition coefficient (Wildman–Crippen LogP) is 4.13. The van der Waals surface area contributed by atoms with E-state index in [0.29, 0.717) is 12.0 Å². The lowest BCUT2D eigenvalue weighted by atomic mass is 9.86. The van der Waals surface area contributed by atoms with E-state index >= 15 is 0 Å². The number of aromatic amines is 1. The number of rotatable bonds is 2. The highest BCUT2D eigenvalue weighted by molar-refractivity contribution is 9.10. The van der Waals surface area contributed by atoms with Crippen molar-refractivity contribution in [3.8, 4) is 11.3 Å². The third kappa shape index (κ3) is 2.81. The van der Waals surface area contributed by atoms with Crippen molar-refractivity contribution in [3.63, 3.8) is 0 Å². The molecule has 0 radical (unpaired) electrons. The van der Waals surface area contributed by atoms with E-state index in [0.717, 1.165) is 52.9 Å². The van der Waals surface area contributed by atoms with E-state index in [4.69, 9.17) is 10.7 Å². The van der Waals surface area contributed by atoms with Crippen molar-refractivity contribution in [3.05, 3.63) is 40.3 Å². The largest absolute Gasteiger partial charge is 0.345 e. The molecule has 1 aromatic carbocycles. The van der Waals surface area contributed by atoms with Crippen LogP contribution in [0, 0.1) is 6.92 Å². The topological polar surface area (TPSA) is 54.7 Å². The summed E-state index contributed by atoms with van der Waals surface area (Å²) in [6.07, 6.45) is 4.51. The zero-order valence-electron chi connectivity index (χ0n) is 11.7. The Labute approximate surface area is 128 Å². The zero-order chi connectivity index (χ0) is 14.1. The van der Waals surface area contributed by atoms with Crippen LogP contribution >= 0.6 is 15.9 Å². The van der Waals surface area contributed by atoms with Crippen LogP contribution in [0.15, 0.2) is 28.7 Å². The van der Waals surface area contributed by atoms with Crippen LogP contribution in [0.25, 0.3) is 11.3 Å². The van der Waals surface area contributed by atoms with Gasteiger partial charge in [0.1, 0.15) is 5.82 Å². The molecule has 0 aliphatic heterocycles. The number of nitrogens with zero attached hydrogens (tertiary/aromatic N) is 1. The van der Waals surface area contributed by atoms with Crippen molar-refractivity contribution in [2.24, 2.45) is 5.73 Å². The number of benzene rings is 1. The summed E-state index contributed by atoms with van der Waals surface area (Å²) in [7, 11) is 0. The first kappa shape index (κ1) is 13.8. The maximum Gasteiger partial charge on any atom is 0.110 e. The molecule has 20 heavy (non-hydrogen) atoms. The van der Waals surface area contributed by atoms with Crippen LogP contribution in [0.1, 0.15) is 43.1 Å². The van der Waals surface area contributed by atoms with Gasteiger partial charge in [0.25, 0.3) is 0 Å². The fraction of sp³-hybridized carbons (Fsp3) is 0.438. The van der Waals surface area contributed by atoms with Gasteiger partial charge in [0.2, 0.25) is 0 Å². The molecule has 1 aromatic heterocycles. The first-order chi connectivity index (χ1) is 9.63. The van der Waals surface area contributed by atoms with Crippen LogP contribution in [0.5, 0.6) is 0 Å². The smallest absolute Gasteiger partial charge is 0.110 e. The Morgan fingerprint density at radius 1 is 1.25 bits per heavy atom. The maximum atomic E-state index is 5.98. The average molecular weight is 334 g/mol. The van der Waals surface area contributed by atoms with E-state index in [-0.39, 0.29) is 0 Å². The first-order valence-corrected chi connectivity index (χ1v) is 8.01. The lowest BCUT2D eigenvalue weighted by Gasteiger charge is -2.24. The Kier molecular flexibility index (Phi) is 3.94. The molecular formula is C16H20BrN3. The van der Waals surface area contributed by atoms with Gasteiger partial charge in [-0.1, -0.05) is 28.1 Å². The highest BCUT2D eigenvalue weighted by atomic mass is 79.9. The van der Waals surface area contributed by atoms with Gasteiger partial charge in [-0.25, -0.2) is 4.98 Å². The number of aryl methyl sites for hydroxylation is 1. The summed E-state index contributed by atoms with van der Waals surface area (Å²) < 4.78 is 1.09. The summed E-state index contributed by atoms with van der Waals surface area (Å²) in [5.74, 6) is 1.67. The third-order valence-corrected chi connectivity index (χ3v) is 4.65. The van der Waals surface area contributed by atoms with Crippen molar-refractivity contribution >= 4 is 15.9 Å². The SMILES string of the molecule is Cc1[nH]c(C2CCC(N)CC2)nc1-c1cccc(Br)c1. The molecule has 1 aliphatic carbocycles. The Hall–Kier alpha value is -1.13. The Bertz CT molecular complexity index is 598. The van der Waals surface area contributed by atoms with E-state index in [9.17, 15) is 0 Å². The second-order valence-electron chi connectivity index (χ2n) is 5.72. The quantitative estimate of drug-likeness (QED) is 0.867. The minimum absolute atomic E-state index is 0.381. The average Bonchev–Trinajstić information content (AvgIpc) is 2.82. The van der Waals surface area contributed by atoms with Crippen LogP contribution in [-0.2, 0) is 0 Å². The summed E-state index contributed by atoms with van der Waals surface area (Å²) in [6, 6.07) is 8.69. The second-order valence-corrected chi connectivity index (χ2v) is 6.63. The number of aromatic nitrogens is 2. The number of halogens is 1. The molecule has 3 rings (SSSR count). The van der Waals surface area contributed by atoms with Crippen molar-refractivity contribution in [1.82, 2.24) is 9.97 Å². The fourth-order valence-electron chi connectivity index (χ4n) is 2.99. The van der Waals surface area contributed by atoms with Gasteiger partial charge in [-0.2, -0.15) is 0 Å². The van der Waals surface area contributed by atoms with Crippen LogP contribution < -0.4 is 5.73 Å². The number of imidazole rings is 1. The van der Waals surface area contributed by atoms with Crippen LogP contribution in [-0.4, -0.2) is 16.0 Å². The molecular weight excluding hydrogens is 314 g/mol. The van der Waals surface area contributed by atoms with Crippen LogP contribution in [0.3, 0.4) is 0 Å². The summed E-state index contributed by atoms with van der Waals surface area (Å²) in [6.45, 7) is 2.10. The van der Waals surface area contributed by atoms with Gasteiger partial charge in [-0.3, -0.25) is 0 Å². The minimum Gasteiger partial charge on any atom is -0.345 e. The zero-order valence-corrected chi connectivity index (χ0v) is 13.3. The van der Waals surface area contributed by atoms with E-state index in [2.05, 4.69) is 40.0 Å². The molecule has 1 saturated carbocycles. The lowest BCUT2D eigenvalue weighted by molar-refractivity contribution is 0.386. The van der Waals surface area contributed by atoms with Gasteiger partial charge in [-0.15, -0.1) is 0 Å². The Balaban J connectivity index is 1.87. The van der Waals surface area contributed by atoms with E-state index in [1.165, 1.54) is 0 Å². The number of nitrogens with two attached hydrogens (primary N) is 1. The standard InChI is InChI=1S/C16H20BrN3/c1-10-15(12-3-2-4-13(17)9-12)20-16(19-10)11-5-7-14(18)8-6-11/h2-4,9,11,14H,5-8,18H2,1H3,(H,19,20). The molecule has 0 saturated heterocycles. The Morgan fingerprint density at radius 3 is 2.70 bits per heavy atom. The second kappa shape index (κ2) is 5.70. The molecule has 4 heteroatoms. The normalized spacial score (nSPS) is 22.9. The molecule has 3 nitrogen and oxygen atoms in total. The van der Waals surface area contributed by atoms with Crippen molar-refractivity contribution in [2.75, 3.05) is 0 Å². The minimum atomic E-state index is 0.381.